The molecule has 0 aliphatic rings. The lowest BCUT2D eigenvalue weighted by Crippen LogP contribution is -2.13. The van der Waals surface area contributed by atoms with Crippen LogP contribution in [0.1, 0.15) is 18.1 Å². The molecule has 2 rings (SSSR count). The zero-order chi connectivity index (χ0) is 15.9. The van der Waals surface area contributed by atoms with Crippen molar-refractivity contribution in [3.63, 3.8) is 0 Å². The Morgan fingerprint density at radius 2 is 1.82 bits per heavy atom. The van der Waals surface area contributed by atoms with E-state index in [4.69, 9.17) is 4.74 Å². The molecule has 22 heavy (non-hydrogen) atoms. The number of rotatable bonds is 6. The number of thiophene rings is 1. The highest BCUT2D eigenvalue weighted by Gasteiger charge is 2.07. The number of halogens is 1. The van der Waals surface area contributed by atoms with Crippen molar-refractivity contribution in [2.45, 2.75) is 19.8 Å². The van der Waals surface area contributed by atoms with E-state index >= 15 is 0 Å². The van der Waals surface area contributed by atoms with E-state index in [9.17, 15) is 9.59 Å². The van der Waals surface area contributed by atoms with Crippen molar-refractivity contribution in [1.82, 2.24) is 0 Å². The smallest absolute Gasteiger partial charge is 0.310 e. The maximum Gasteiger partial charge on any atom is 0.310 e. The summed E-state index contributed by atoms with van der Waals surface area (Å²) in [6.45, 7) is 2.17. The molecule has 0 spiro atoms. The van der Waals surface area contributed by atoms with Gasteiger partial charge in [-0.3, -0.25) is 9.59 Å². The van der Waals surface area contributed by atoms with E-state index < -0.39 is 0 Å². The molecular weight excluding hydrogens is 366 g/mol. The quantitative estimate of drug-likeness (QED) is 0.774. The van der Waals surface area contributed by atoms with Gasteiger partial charge < -0.3 is 10.1 Å². The number of hydrogen-bond donors (Lipinski definition) is 1. The van der Waals surface area contributed by atoms with Gasteiger partial charge in [0.1, 0.15) is 0 Å². The number of benzene rings is 1. The molecule has 0 saturated carbocycles. The highest BCUT2D eigenvalue weighted by atomic mass is 79.9. The number of esters is 1. The summed E-state index contributed by atoms with van der Waals surface area (Å²) in [5, 5.41) is 5.58. The van der Waals surface area contributed by atoms with Crippen molar-refractivity contribution >= 4 is 44.1 Å². The fourth-order valence-electron chi connectivity index (χ4n) is 1.90. The third-order valence-corrected chi connectivity index (χ3v) is 4.48. The number of anilines is 1. The van der Waals surface area contributed by atoms with Crippen LogP contribution in [-0.4, -0.2) is 18.5 Å². The molecule has 1 aromatic carbocycles. The molecule has 0 fully saturated rings. The van der Waals surface area contributed by atoms with Gasteiger partial charge in [-0.15, -0.1) is 11.3 Å². The molecule has 0 aliphatic carbocycles. The third kappa shape index (κ3) is 5.27. The highest BCUT2D eigenvalue weighted by Crippen LogP contribution is 2.24. The Morgan fingerprint density at radius 1 is 1.18 bits per heavy atom. The first-order valence-corrected chi connectivity index (χ1v) is 8.51. The van der Waals surface area contributed by atoms with Gasteiger partial charge >= 0.3 is 5.97 Å². The van der Waals surface area contributed by atoms with Gasteiger partial charge in [-0.1, -0.05) is 24.3 Å². The first-order chi connectivity index (χ1) is 10.6. The molecule has 1 N–H and O–H groups in total. The van der Waals surface area contributed by atoms with Crippen molar-refractivity contribution in [2.75, 3.05) is 11.9 Å². The van der Waals surface area contributed by atoms with Gasteiger partial charge in [-0.05, 0) is 40.0 Å². The SMILES string of the molecule is CCOC(=O)Cc1ccc(CC(=O)Nc2cc(Br)cs2)cc1. The van der Waals surface area contributed by atoms with Gasteiger partial charge in [0.05, 0.1) is 24.4 Å². The van der Waals surface area contributed by atoms with Crippen LogP contribution in [0.5, 0.6) is 0 Å². The average molecular weight is 382 g/mol. The lowest BCUT2D eigenvalue weighted by molar-refractivity contribution is -0.142. The van der Waals surface area contributed by atoms with Crippen LogP contribution in [-0.2, 0) is 27.2 Å². The van der Waals surface area contributed by atoms with E-state index in [0.717, 1.165) is 20.6 Å². The van der Waals surface area contributed by atoms with Crippen LogP contribution in [0, 0.1) is 0 Å². The van der Waals surface area contributed by atoms with Crippen LogP contribution >= 0.6 is 27.3 Å². The Bertz CT molecular complexity index is 652. The molecule has 116 valence electrons. The topological polar surface area (TPSA) is 55.4 Å². The van der Waals surface area contributed by atoms with Crippen molar-refractivity contribution in [3.8, 4) is 0 Å². The fraction of sp³-hybridized carbons (Fsp3) is 0.250. The number of nitrogens with one attached hydrogen (secondary N) is 1. The van der Waals surface area contributed by atoms with Crippen LogP contribution in [0.2, 0.25) is 0 Å². The Kier molecular flexibility index (Phi) is 6.15. The van der Waals surface area contributed by atoms with Crippen molar-refractivity contribution in [2.24, 2.45) is 0 Å². The van der Waals surface area contributed by atoms with Crippen molar-refractivity contribution in [1.29, 1.82) is 0 Å². The summed E-state index contributed by atoms with van der Waals surface area (Å²) in [5.41, 5.74) is 1.78. The van der Waals surface area contributed by atoms with Crippen LogP contribution in [0.4, 0.5) is 5.00 Å². The average Bonchev–Trinajstić information content (AvgIpc) is 2.86. The Balaban J connectivity index is 1.87. The molecule has 6 heteroatoms. The predicted octanol–water partition coefficient (Wildman–Crippen LogP) is 3.80. The van der Waals surface area contributed by atoms with Gasteiger partial charge in [-0.2, -0.15) is 0 Å². The first-order valence-electron chi connectivity index (χ1n) is 6.84. The molecule has 0 atom stereocenters. The second kappa shape index (κ2) is 8.10. The number of hydrogen-bond acceptors (Lipinski definition) is 4. The van der Waals surface area contributed by atoms with Crippen LogP contribution < -0.4 is 5.32 Å². The first kappa shape index (κ1) is 16.7. The second-order valence-corrected chi connectivity index (χ2v) is 6.48. The summed E-state index contributed by atoms with van der Waals surface area (Å²) in [6.07, 6.45) is 0.554. The van der Waals surface area contributed by atoms with Gasteiger partial charge in [0.25, 0.3) is 0 Å². The second-order valence-electron chi connectivity index (χ2n) is 4.65. The summed E-state index contributed by atoms with van der Waals surface area (Å²) >= 11 is 4.82. The van der Waals surface area contributed by atoms with E-state index in [-0.39, 0.29) is 18.3 Å². The Labute approximate surface area is 141 Å². The van der Waals surface area contributed by atoms with Crippen LogP contribution in [0.3, 0.4) is 0 Å². The fourth-order valence-corrected chi connectivity index (χ4v) is 3.24. The number of ether oxygens (including phenoxy) is 1. The highest BCUT2D eigenvalue weighted by molar-refractivity contribution is 9.10. The summed E-state index contributed by atoms with van der Waals surface area (Å²) < 4.78 is 5.86. The number of carbonyl (C=O) groups is 2. The predicted molar refractivity (Wildman–Crippen MR) is 91.1 cm³/mol. The molecule has 0 saturated heterocycles. The molecule has 1 heterocycles. The summed E-state index contributed by atoms with van der Waals surface area (Å²) in [6, 6.07) is 9.28. The molecule has 2 aromatic rings. The number of amides is 1. The van der Waals surface area contributed by atoms with E-state index in [1.165, 1.54) is 11.3 Å². The molecule has 1 amide bonds. The largest absolute Gasteiger partial charge is 0.466 e. The Hall–Kier alpha value is -1.66. The monoisotopic (exact) mass is 381 g/mol. The minimum Gasteiger partial charge on any atom is -0.466 e. The molecule has 0 radical (unpaired) electrons. The van der Waals surface area contributed by atoms with Gasteiger partial charge in [0, 0.05) is 9.85 Å². The summed E-state index contributed by atoms with van der Waals surface area (Å²) in [4.78, 5) is 23.3. The van der Waals surface area contributed by atoms with E-state index in [1.807, 2.05) is 35.7 Å². The van der Waals surface area contributed by atoms with Crippen LogP contribution in [0.25, 0.3) is 0 Å². The molecular formula is C16H16BrNO3S. The zero-order valence-electron chi connectivity index (χ0n) is 12.1. The molecule has 0 unspecified atom stereocenters. The number of carbonyl (C=O) groups excluding carboxylic acids is 2. The molecule has 1 aromatic heterocycles. The maximum atomic E-state index is 11.9. The zero-order valence-corrected chi connectivity index (χ0v) is 14.5. The van der Waals surface area contributed by atoms with Crippen molar-refractivity contribution < 1.29 is 14.3 Å². The lowest BCUT2D eigenvalue weighted by atomic mass is 10.1. The maximum absolute atomic E-state index is 11.9. The summed E-state index contributed by atoms with van der Waals surface area (Å²) in [7, 11) is 0. The Morgan fingerprint density at radius 3 is 2.36 bits per heavy atom. The van der Waals surface area contributed by atoms with Gasteiger partial charge in [-0.25, -0.2) is 0 Å². The molecule has 0 aliphatic heterocycles. The minimum atomic E-state index is -0.240. The van der Waals surface area contributed by atoms with Gasteiger partial charge in [0.2, 0.25) is 5.91 Å². The van der Waals surface area contributed by atoms with E-state index in [0.29, 0.717) is 13.0 Å². The standard InChI is InChI=1S/C16H16BrNO3S/c1-2-21-16(20)8-12-5-3-11(4-6-12)7-14(19)18-15-9-13(17)10-22-15/h3-6,9-10H,2,7-8H2,1H3,(H,18,19). The third-order valence-electron chi connectivity index (χ3n) is 2.87. The molecule has 4 nitrogen and oxygen atoms in total. The summed E-state index contributed by atoms with van der Waals surface area (Å²) in [5.74, 6) is -0.302. The van der Waals surface area contributed by atoms with E-state index in [1.54, 1.807) is 6.92 Å². The van der Waals surface area contributed by atoms with Crippen molar-refractivity contribution in [3.05, 3.63) is 51.3 Å². The van der Waals surface area contributed by atoms with E-state index in [2.05, 4.69) is 21.2 Å². The lowest BCUT2D eigenvalue weighted by Gasteiger charge is -2.05. The van der Waals surface area contributed by atoms with Crippen LogP contribution in [0.15, 0.2) is 40.2 Å². The van der Waals surface area contributed by atoms with Gasteiger partial charge in [0.15, 0.2) is 0 Å². The molecule has 0 bridgehead atoms. The normalized spacial score (nSPS) is 10.3. The minimum absolute atomic E-state index is 0.0625.